The van der Waals surface area contributed by atoms with Crippen LogP contribution in [-0.2, 0) is 0 Å². The van der Waals surface area contributed by atoms with Gasteiger partial charge in [0.2, 0.25) is 0 Å². The number of carbonyl (C=O) groups is 1. The number of amides is 2. The lowest BCUT2D eigenvalue weighted by molar-refractivity contribution is 0.170. The molecule has 1 aliphatic heterocycles. The lowest BCUT2D eigenvalue weighted by Crippen LogP contribution is -2.49. The van der Waals surface area contributed by atoms with Crippen molar-refractivity contribution in [2.75, 3.05) is 13.1 Å². The summed E-state index contributed by atoms with van der Waals surface area (Å²) < 4.78 is 0. The van der Waals surface area contributed by atoms with E-state index in [-0.39, 0.29) is 6.03 Å². The fourth-order valence-electron chi connectivity index (χ4n) is 1.14. The minimum atomic E-state index is 0.0845. The van der Waals surface area contributed by atoms with Gasteiger partial charge in [0.15, 0.2) is 0 Å². The molecule has 1 N–H and O–H groups in total. The van der Waals surface area contributed by atoms with Crippen LogP contribution in [0.25, 0.3) is 0 Å². The van der Waals surface area contributed by atoms with Gasteiger partial charge in [0, 0.05) is 19.1 Å². The Morgan fingerprint density at radius 2 is 2.00 bits per heavy atom. The number of rotatable bonds is 1. The molecule has 0 unspecified atom stereocenters. The van der Waals surface area contributed by atoms with Crippen molar-refractivity contribution in [3.8, 4) is 0 Å². The first-order valence-corrected chi connectivity index (χ1v) is 4.76. The van der Waals surface area contributed by atoms with Crippen molar-refractivity contribution >= 4 is 6.03 Å². The summed E-state index contributed by atoms with van der Waals surface area (Å²) in [5.41, 5.74) is 0. The van der Waals surface area contributed by atoms with Crippen molar-refractivity contribution in [2.45, 2.75) is 40.2 Å². The van der Waals surface area contributed by atoms with Crippen molar-refractivity contribution in [1.82, 2.24) is 10.2 Å². The summed E-state index contributed by atoms with van der Waals surface area (Å²) in [5.74, 6) is 0. The van der Waals surface area contributed by atoms with Crippen LogP contribution in [0.2, 0.25) is 0 Å². The van der Waals surface area contributed by atoms with Gasteiger partial charge in [-0.25, -0.2) is 4.79 Å². The van der Waals surface area contributed by atoms with Crippen LogP contribution in [0.5, 0.6) is 0 Å². The first-order chi connectivity index (χ1) is 5.72. The topological polar surface area (TPSA) is 32.3 Å². The number of carbonyl (C=O) groups excluding carboxylic acids is 1. The fraction of sp³-hybridized carbons (Fsp3) is 0.889. The highest BCUT2D eigenvalue weighted by Crippen LogP contribution is 2.03. The molecule has 2 amide bonds. The Morgan fingerprint density at radius 3 is 2.33 bits per heavy atom. The SMILES string of the molecule is CC.CC(C)N1CCCNC1=O. The lowest BCUT2D eigenvalue weighted by Gasteiger charge is -2.30. The largest absolute Gasteiger partial charge is 0.338 e. The third kappa shape index (κ3) is 3.11. The van der Waals surface area contributed by atoms with Crippen LogP contribution in [0.4, 0.5) is 4.79 Å². The second-order valence-corrected chi connectivity index (χ2v) is 2.87. The van der Waals surface area contributed by atoms with E-state index in [1.54, 1.807) is 0 Å². The molecule has 1 fully saturated rings. The molecule has 72 valence electrons. The molecule has 0 radical (unpaired) electrons. The molecule has 0 aromatic heterocycles. The zero-order chi connectivity index (χ0) is 9.56. The van der Waals surface area contributed by atoms with Crippen molar-refractivity contribution in [2.24, 2.45) is 0 Å². The summed E-state index contributed by atoms with van der Waals surface area (Å²) in [5, 5.41) is 2.80. The summed E-state index contributed by atoms with van der Waals surface area (Å²) in [6.07, 6.45) is 1.07. The zero-order valence-corrected chi connectivity index (χ0v) is 8.55. The molecule has 0 spiro atoms. The Hall–Kier alpha value is -0.730. The fourth-order valence-corrected chi connectivity index (χ4v) is 1.14. The Labute approximate surface area is 75.1 Å². The summed E-state index contributed by atoms with van der Waals surface area (Å²) in [6, 6.07) is 0.418. The van der Waals surface area contributed by atoms with Crippen LogP contribution in [-0.4, -0.2) is 30.1 Å². The van der Waals surface area contributed by atoms with Crippen molar-refractivity contribution in [3.63, 3.8) is 0 Å². The molecule has 3 nitrogen and oxygen atoms in total. The maximum atomic E-state index is 11.1. The van der Waals surface area contributed by atoms with Crippen LogP contribution in [0, 0.1) is 0 Å². The second-order valence-electron chi connectivity index (χ2n) is 2.87. The van der Waals surface area contributed by atoms with Gasteiger partial charge in [-0.05, 0) is 20.3 Å². The van der Waals surface area contributed by atoms with Gasteiger partial charge in [-0.3, -0.25) is 0 Å². The van der Waals surface area contributed by atoms with Gasteiger partial charge in [0.25, 0.3) is 0 Å². The van der Waals surface area contributed by atoms with Crippen LogP contribution >= 0.6 is 0 Å². The van der Waals surface area contributed by atoms with Gasteiger partial charge in [-0.1, -0.05) is 13.8 Å². The first kappa shape index (κ1) is 11.3. The average Bonchev–Trinajstić information content (AvgIpc) is 2.08. The minimum absolute atomic E-state index is 0.0845. The molecular weight excluding hydrogens is 152 g/mol. The first-order valence-electron chi connectivity index (χ1n) is 4.76. The average molecular weight is 172 g/mol. The van der Waals surface area contributed by atoms with Crippen molar-refractivity contribution < 1.29 is 4.79 Å². The van der Waals surface area contributed by atoms with E-state index in [0.29, 0.717) is 6.04 Å². The Balaban J connectivity index is 0.000000561. The molecule has 0 aromatic rings. The molecule has 1 heterocycles. The predicted molar refractivity (Wildman–Crippen MR) is 51.2 cm³/mol. The number of nitrogens with one attached hydrogen (secondary N) is 1. The van der Waals surface area contributed by atoms with Crippen LogP contribution in [0.1, 0.15) is 34.1 Å². The summed E-state index contributed by atoms with van der Waals surface area (Å²) in [6.45, 7) is 9.81. The zero-order valence-electron chi connectivity index (χ0n) is 8.55. The normalized spacial score (nSPS) is 16.8. The van der Waals surface area contributed by atoms with E-state index >= 15 is 0 Å². The molecular formula is C9H20N2O. The monoisotopic (exact) mass is 172 g/mol. The quantitative estimate of drug-likeness (QED) is 0.643. The molecule has 1 aliphatic rings. The molecule has 1 saturated heterocycles. The molecule has 12 heavy (non-hydrogen) atoms. The lowest BCUT2D eigenvalue weighted by atomic mass is 10.2. The number of urea groups is 1. The van der Waals surface area contributed by atoms with E-state index in [1.807, 2.05) is 32.6 Å². The van der Waals surface area contributed by atoms with E-state index in [0.717, 1.165) is 19.5 Å². The van der Waals surface area contributed by atoms with Crippen molar-refractivity contribution in [3.05, 3.63) is 0 Å². The molecule has 0 bridgehead atoms. The van der Waals surface area contributed by atoms with Crippen LogP contribution in [0.3, 0.4) is 0 Å². The molecule has 0 aliphatic carbocycles. The van der Waals surface area contributed by atoms with Crippen molar-refractivity contribution in [1.29, 1.82) is 0 Å². The molecule has 3 heteroatoms. The highest BCUT2D eigenvalue weighted by molar-refractivity contribution is 5.75. The highest BCUT2D eigenvalue weighted by atomic mass is 16.2. The Bertz CT molecular complexity index is 134. The third-order valence-electron chi connectivity index (χ3n) is 1.74. The van der Waals surface area contributed by atoms with E-state index in [9.17, 15) is 4.79 Å². The maximum Gasteiger partial charge on any atom is 0.317 e. The number of hydrogen-bond acceptors (Lipinski definition) is 1. The molecule has 0 saturated carbocycles. The van der Waals surface area contributed by atoms with Gasteiger partial charge >= 0.3 is 6.03 Å². The summed E-state index contributed by atoms with van der Waals surface area (Å²) >= 11 is 0. The molecule has 1 rings (SSSR count). The van der Waals surface area contributed by atoms with E-state index < -0.39 is 0 Å². The van der Waals surface area contributed by atoms with E-state index in [4.69, 9.17) is 0 Å². The smallest absolute Gasteiger partial charge is 0.317 e. The van der Waals surface area contributed by atoms with Gasteiger partial charge in [0.1, 0.15) is 0 Å². The standard InChI is InChI=1S/C7H14N2O.C2H6/c1-6(2)9-5-3-4-8-7(9)10;1-2/h6H,3-5H2,1-2H3,(H,8,10);1-2H3. The summed E-state index contributed by atoms with van der Waals surface area (Å²) in [7, 11) is 0. The summed E-state index contributed by atoms with van der Waals surface area (Å²) in [4.78, 5) is 12.9. The molecule has 0 atom stereocenters. The maximum absolute atomic E-state index is 11.1. The third-order valence-corrected chi connectivity index (χ3v) is 1.74. The number of nitrogens with zero attached hydrogens (tertiary/aromatic N) is 1. The minimum Gasteiger partial charge on any atom is -0.338 e. The Kier molecular flexibility index (Phi) is 5.51. The van der Waals surface area contributed by atoms with Gasteiger partial charge < -0.3 is 10.2 Å². The van der Waals surface area contributed by atoms with Gasteiger partial charge in [-0.2, -0.15) is 0 Å². The number of hydrogen-bond donors (Lipinski definition) is 1. The Morgan fingerprint density at radius 1 is 1.42 bits per heavy atom. The van der Waals surface area contributed by atoms with Crippen LogP contribution < -0.4 is 5.32 Å². The second kappa shape index (κ2) is 5.86. The highest BCUT2D eigenvalue weighted by Gasteiger charge is 2.18. The molecule has 0 aromatic carbocycles. The van der Waals surface area contributed by atoms with E-state index in [2.05, 4.69) is 5.32 Å². The van der Waals surface area contributed by atoms with Crippen LogP contribution in [0.15, 0.2) is 0 Å². The van der Waals surface area contributed by atoms with E-state index in [1.165, 1.54) is 0 Å². The predicted octanol–water partition coefficient (Wildman–Crippen LogP) is 1.84. The van der Waals surface area contributed by atoms with Gasteiger partial charge in [-0.15, -0.1) is 0 Å². The van der Waals surface area contributed by atoms with Gasteiger partial charge in [0.05, 0.1) is 0 Å².